The molecule has 0 bridgehead atoms. The zero-order valence-electron chi connectivity index (χ0n) is 27.8. The number of benzene rings is 2. The van der Waals surface area contributed by atoms with Crippen molar-refractivity contribution in [2.45, 2.75) is 26.3 Å². The third kappa shape index (κ3) is 8.43. The topological polar surface area (TPSA) is 160 Å². The van der Waals surface area contributed by atoms with Crippen molar-refractivity contribution >= 4 is 34.8 Å². The molecule has 3 heterocycles. The van der Waals surface area contributed by atoms with Crippen LogP contribution in [0.15, 0.2) is 53.9 Å². The molecule has 2 aromatic heterocycles. The molecular formula is C36H40N4O8S. The molecule has 0 radical (unpaired) electrons. The summed E-state index contributed by atoms with van der Waals surface area (Å²) in [5.41, 5.74) is 9.86. The van der Waals surface area contributed by atoms with Gasteiger partial charge in [-0.25, -0.2) is 9.78 Å². The van der Waals surface area contributed by atoms with Gasteiger partial charge < -0.3 is 40.1 Å². The highest BCUT2D eigenvalue weighted by Gasteiger charge is 2.27. The van der Waals surface area contributed by atoms with Gasteiger partial charge in [-0.05, 0) is 65.4 Å². The lowest BCUT2D eigenvalue weighted by Crippen LogP contribution is -2.26. The first-order chi connectivity index (χ1) is 23.9. The van der Waals surface area contributed by atoms with Crippen LogP contribution in [-0.2, 0) is 27.2 Å². The molecule has 13 heteroatoms. The number of amides is 2. The van der Waals surface area contributed by atoms with E-state index in [-0.39, 0.29) is 30.1 Å². The normalized spacial score (nSPS) is 11.8. The maximum atomic E-state index is 14.4. The number of nitrogens with zero attached hydrogens (tertiary/aromatic N) is 1. The number of esters is 1. The van der Waals surface area contributed by atoms with Crippen molar-refractivity contribution in [3.05, 3.63) is 82.0 Å². The highest BCUT2D eigenvalue weighted by Crippen LogP contribution is 2.43. The van der Waals surface area contributed by atoms with Crippen LogP contribution >= 0.6 is 11.3 Å². The van der Waals surface area contributed by atoms with E-state index >= 15 is 0 Å². The van der Waals surface area contributed by atoms with Gasteiger partial charge in [0.25, 0.3) is 11.8 Å². The molecule has 0 saturated heterocycles. The number of ether oxygens (including phenoxy) is 5. The Kier molecular flexibility index (Phi) is 12.3. The molecule has 0 fully saturated rings. The van der Waals surface area contributed by atoms with E-state index in [1.54, 1.807) is 48.8 Å². The van der Waals surface area contributed by atoms with Crippen LogP contribution in [0.4, 0.5) is 5.69 Å². The number of pyridine rings is 1. The van der Waals surface area contributed by atoms with Crippen molar-refractivity contribution in [1.29, 1.82) is 0 Å². The second kappa shape index (κ2) is 17.0. The molecule has 0 atom stereocenters. The Bertz CT molecular complexity index is 1810. The van der Waals surface area contributed by atoms with Crippen molar-refractivity contribution in [2.24, 2.45) is 5.73 Å². The molecule has 0 aliphatic carbocycles. The summed E-state index contributed by atoms with van der Waals surface area (Å²) in [4.78, 5) is 45.7. The fourth-order valence-corrected chi connectivity index (χ4v) is 6.25. The van der Waals surface area contributed by atoms with Gasteiger partial charge in [-0.2, -0.15) is 0 Å². The minimum Gasteiger partial charge on any atom is -0.493 e. The molecule has 2 aromatic carbocycles. The standard InChI is InChI=1S/C36H40N4O8S/c1-4-11-38-35(42)29-8-6-24(32(39-29)36(43)45-3)25-20-30-27(33-23(9-12-47-30)10-17-49-33)19-26(25)34(41)40-28-7-5-22(21-37)18-31(28)48-16-15-46-14-13-44-2/h5-8,10,17-20H,4,9,11-16,21,37H2,1-3H3,(H,38,42)(H,40,41). The molecule has 12 nitrogen and oxygen atoms in total. The van der Waals surface area contributed by atoms with Crippen LogP contribution in [0, 0.1) is 0 Å². The van der Waals surface area contributed by atoms with Crippen LogP contribution in [0.1, 0.15) is 55.8 Å². The number of hydrogen-bond donors (Lipinski definition) is 3. The fourth-order valence-electron chi connectivity index (χ4n) is 5.27. The lowest BCUT2D eigenvalue weighted by Gasteiger charge is -2.18. The van der Waals surface area contributed by atoms with Crippen LogP contribution in [0.25, 0.3) is 21.6 Å². The summed E-state index contributed by atoms with van der Waals surface area (Å²) in [5.74, 6) is -0.681. The Hall–Kier alpha value is -4.82. The van der Waals surface area contributed by atoms with E-state index in [2.05, 4.69) is 21.7 Å². The zero-order chi connectivity index (χ0) is 34.8. The first-order valence-electron chi connectivity index (χ1n) is 16.0. The third-order valence-corrected chi connectivity index (χ3v) is 8.75. The molecule has 4 N–H and O–H groups in total. The minimum atomic E-state index is -0.760. The molecule has 49 heavy (non-hydrogen) atoms. The third-order valence-electron chi connectivity index (χ3n) is 7.76. The summed E-state index contributed by atoms with van der Waals surface area (Å²) in [6, 6.07) is 14.0. The number of rotatable bonds is 15. The maximum absolute atomic E-state index is 14.4. The number of nitrogens with one attached hydrogen (secondary N) is 2. The Morgan fingerprint density at radius 1 is 0.959 bits per heavy atom. The van der Waals surface area contributed by atoms with Gasteiger partial charge in [-0.1, -0.05) is 13.0 Å². The molecule has 2 amide bonds. The number of thiophene rings is 1. The first-order valence-corrected chi connectivity index (χ1v) is 16.9. The maximum Gasteiger partial charge on any atom is 0.357 e. The van der Waals surface area contributed by atoms with Gasteiger partial charge >= 0.3 is 5.97 Å². The van der Waals surface area contributed by atoms with E-state index in [1.807, 2.05) is 18.4 Å². The Morgan fingerprint density at radius 3 is 2.57 bits per heavy atom. The summed E-state index contributed by atoms with van der Waals surface area (Å²) < 4.78 is 27.8. The molecule has 258 valence electrons. The summed E-state index contributed by atoms with van der Waals surface area (Å²) in [6.45, 7) is 4.54. The fraction of sp³-hybridized carbons (Fsp3) is 0.333. The Balaban J connectivity index is 1.58. The Morgan fingerprint density at radius 2 is 1.80 bits per heavy atom. The number of anilines is 1. The molecular weight excluding hydrogens is 648 g/mol. The first kappa shape index (κ1) is 35.5. The summed E-state index contributed by atoms with van der Waals surface area (Å²) in [7, 11) is 2.84. The molecule has 4 aromatic rings. The van der Waals surface area contributed by atoms with Gasteiger partial charge in [0.05, 0.1) is 39.2 Å². The molecule has 1 aliphatic rings. The van der Waals surface area contributed by atoms with E-state index in [4.69, 9.17) is 29.4 Å². The Labute approximate surface area is 288 Å². The second-order valence-corrected chi connectivity index (χ2v) is 12.0. The molecule has 0 unspecified atom stereocenters. The van der Waals surface area contributed by atoms with E-state index < -0.39 is 17.8 Å². The van der Waals surface area contributed by atoms with Crippen LogP contribution < -0.4 is 25.8 Å². The monoisotopic (exact) mass is 688 g/mol. The van der Waals surface area contributed by atoms with Gasteiger partial charge in [-0.3, -0.25) is 9.59 Å². The summed E-state index contributed by atoms with van der Waals surface area (Å²) >= 11 is 1.56. The number of hydrogen-bond acceptors (Lipinski definition) is 11. The van der Waals surface area contributed by atoms with Gasteiger partial charge in [0.15, 0.2) is 5.69 Å². The van der Waals surface area contributed by atoms with Crippen molar-refractivity contribution < 1.29 is 38.1 Å². The number of carbonyl (C=O) groups is 3. The zero-order valence-corrected chi connectivity index (χ0v) is 28.6. The average Bonchev–Trinajstić information content (AvgIpc) is 3.52. The van der Waals surface area contributed by atoms with Crippen molar-refractivity contribution in [2.75, 3.05) is 59.1 Å². The van der Waals surface area contributed by atoms with E-state index in [1.165, 1.54) is 13.2 Å². The minimum absolute atomic E-state index is 0.0471. The van der Waals surface area contributed by atoms with Crippen LogP contribution in [-0.4, -0.2) is 76.6 Å². The summed E-state index contributed by atoms with van der Waals surface area (Å²) in [5, 5.41) is 7.79. The molecule has 5 rings (SSSR count). The average molecular weight is 689 g/mol. The number of nitrogens with two attached hydrogens (primary N) is 1. The SMILES string of the molecule is CCCNC(=O)c1ccc(-c2cc3c(cc2C(=O)Nc2ccc(CN)cc2OCCOCCOC)-c2sccc2CCO3)c(C(=O)OC)n1. The van der Waals surface area contributed by atoms with Crippen LogP contribution in [0.2, 0.25) is 0 Å². The lowest BCUT2D eigenvalue weighted by atomic mass is 9.93. The van der Waals surface area contributed by atoms with Crippen molar-refractivity contribution in [3.8, 4) is 33.1 Å². The lowest BCUT2D eigenvalue weighted by molar-refractivity contribution is 0.0545. The van der Waals surface area contributed by atoms with Crippen molar-refractivity contribution in [1.82, 2.24) is 10.3 Å². The van der Waals surface area contributed by atoms with Crippen molar-refractivity contribution in [3.63, 3.8) is 0 Å². The van der Waals surface area contributed by atoms with Gasteiger partial charge in [0.1, 0.15) is 23.8 Å². The predicted molar refractivity (Wildman–Crippen MR) is 187 cm³/mol. The number of methoxy groups -OCH3 is 2. The van der Waals surface area contributed by atoms with Gasteiger partial charge in [0, 0.05) is 53.8 Å². The quantitative estimate of drug-likeness (QED) is 0.113. The highest BCUT2D eigenvalue weighted by atomic mass is 32.1. The van der Waals surface area contributed by atoms with E-state index in [9.17, 15) is 14.4 Å². The van der Waals surface area contributed by atoms with Gasteiger partial charge in [0.2, 0.25) is 0 Å². The predicted octanol–water partition coefficient (Wildman–Crippen LogP) is 5.09. The van der Waals surface area contributed by atoms with Crippen LogP contribution in [0.3, 0.4) is 0 Å². The second-order valence-electron chi connectivity index (χ2n) is 11.0. The largest absolute Gasteiger partial charge is 0.493 e. The highest BCUT2D eigenvalue weighted by molar-refractivity contribution is 7.13. The number of fused-ring (bicyclic) bond motifs is 3. The molecule has 0 spiro atoms. The van der Waals surface area contributed by atoms with Gasteiger partial charge in [-0.15, -0.1) is 11.3 Å². The van der Waals surface area contributed by atoms with Crippen LogP contribution in [0.5, 0.6) is 11.5 Å². The smallest absolute Gasteiger partial charge is 0.357 e. The molecule has 1 aliphatic heterocycles. The summed E-state index contributed by atoms with van der Waals surface area (Å²) in [6.07, 6.45) is 1.43. The number of carbonyl (C=O) groups excluding carboxylic acids is 3. The van der Waals surface area contributed by atoms with E-state index in [0.717, 1.165) is 28.0 Å². The number of aromatic nitrogens is 1. The van der Waals surface area contributed by atoms with E-state index in [0.29, 0.717) is 67.7 Å². The molecule has 0 saturated carbocycles.